The molecule has 0 aliphatic carbocycles. The highest BCUT2D eigenvalue weighted by Crippen LogP contribution is 2.35. The standard InChI is InChI=1S/C20H31N3O5S/c1-20(2,3)28-19(26)23(29-13-12-22-10-8-21(4)9-11-22)16-14-15(18(24)25)6-7-17(16)27-5/h6-7,14H,8-13H2,1-5H3,(H,24,25). The van der Waals surface area contributed by atoms with Crippen molar-refractivity contribution in [3.8, 4) is 5.75 Å². The Morgan fingerprint density at radius 3 is 2.41 bits per heavy atom. The normalized spacial score (nSPS) is 15.8. The third-order valence-electron chi connectivity index (χ3n) is 4.43. The number of amides is 1. The van der Waals surface area contributed by atoms with Crippen molar-refractivity contribution in [1.29, 1.82) is 0 Å². The van der Waals surface area contributed by atoms with Gasteiger partial charge in [0.15, 0.2) is 0 Å². The van der Waals surface area contributed by atoms with Gasteiger partial charge in [0, 0.05) is 38.5 Å². The number of nitrogens with zero attached hydrogens (tertiary/aromatic N) is 3. The molecule has 8 nitrogen and oxygen atoms in total. The van der Waals surface area contributed by atoms with Crippen LogP contribution in [0.4, 0.5) is 10.5 Å². The summed E-state index contributed by atoms with van der Waals surface area (Å²) in [5.41, 5.74) is -0.232. The number of aromatic carboxylic acids is 1. The highest BCUT2D eigenvalue weighted by molar-refractivity contribution is 8.01. The Kier molecular flexibility index (Phi) is 8.18. The summed E-state index contributed by atoms with van der Waals surface area (Å²) in [4.78, 5) is 29.0. The van der Waals surface area contributed by atoms with Gasteiger partial charge in [0.1, 0.15) is 17.0 Å². The minimum absolute atomic E-state index is 0.0778. The summed E-state index contributed by atoms with van der Waals surface area (Å²) in [6.45, 7) is 10.2. The van der Waals surface area contributed by atoms with Crippen molar-refractivity contribution in [3.05, 3.63) is 23.8 Å². The van der Waals surface area contributed by atoms with Gasteiger partial charge >= 0.3 is 12.1 Å². The van der Waals surface area contributed by atoms with Crippen molar-refractivity contribution >= 4 is 29.7 Å². The van der Waals surface area contributed by atoms with Gasteiger partial charge in [0.05, 0.1) is 12.7 Å². The molecule has 2 rings (SSSR count). The number of carbonyl (C=O) groups is 2. The van der Waals surface area contributed by atoms with Crippen molar-refractivity contribution in [2.24, 2.45) is 0 Å². The summed E-state index contributed by atoms with van der Waals surface area (Å²) >= 11 is 1.30. The number of hydrogen-bond donors (Lipinski definition) is 1. The summed E-state index contributed by atoms with van der Waals surface area (Å²) in [5.74, 6) is -0.00270. The molecule has 0 bridgehead atoms. The molecule has 9 heteroatoms. The van der Waals surface area contributed by atoms with E-state index in [2.05, 4.69) is 16.8 Å². The van der Waals surface area contributed by atoms with Gasteiger partial charge in [-0.25, -0.2) is 13.9 Å². The van der Waals surface area contributed by atoms with Crippen LogP contribution in [0.3, 0.4) is 0 Å². The van der Waals surface area contributed by atoms with E-state index >= 15 is 0 Å². The summed E-state index contributed by atoms with van der Waals surface area (Å²) in [6.07, 6.45) is -0.554. The maximum atomic E-state index is 12.9. The van der Waals surface area contributed by atoms with Gasteiger partial charge < -0.3 is 19.5 Å². The van der Waals surface area contributed by atoms with E-state index in [9.17, 15) is 14.7 Å². The Hall–Kier alpha value is -1.97. The van der Waals surface area contributed by atoms with Crippen molar-refractivity contribution in [2.75, 3.05) is 56.9 Å². The second-order valence-corrected chi connectivity index (χ2v) is 8.98. The van der Waals surface area contributed by atoms with E-state index in [-0.39, 0.29) is 5.56 Å². The molecule has 0 spiro atoms. The van der Waals surface area contributed by atoms with E-state index in [0.717, 1.165) is 32.7 Å². The van der Waals surface area contributed by atoms with Crippen LogP contribution in [0.5, 0.6) is 5.75 Å². The molecule has 1 fully saturated rings. The SMILES string of the molecule is COc1ccc(C(=O)O)cc1N(SCCN1CCN(C)CC1)C(=O)OC(C)(C)C. The first-order chi connectivity index (χ1) is 13.6. The Labute approximate surface area is 176 Å². The lowest BCUT2D eigenvalue weighted by atomic mass is 10.2. The Balaban J connectivity index is 2.20. The number of ether oxygens (including phenoxy) is 2. The molecule has 0 saturated carbocycles. The zero-order chi connectivity index (χ0) is 21.6. The Morgan fingerprint density at radius 2 is 1.86 bits per heavy atom. The lowest BCUT2D eigenvalue weighted by Crippen LogP contribution is -2.45. The molecule has 0 unspecified atom stereocenters. The predicted molar refractivity (Wildman–Crippen MR) is 115 cm³/mol. The molecule has 1 heterocycles. The fraction of sp³-hybridized carbons (Fsp3) is 0.600. The van der Waals surface area contributed by atoms with E-state index in [1.807, 2.05) is 0 Å². The number of piperazine rings is 1. The number of hydrogen-bond acceptors (Lipinski definition) is 7. The van der Waals surface area contributed by atoms with Crippen LogP contribution in [0.1, 0.15) is 31.1 Å². The van der Waals surface area contributed by atoms with Crippen LogP contribution in [-0.4, -0.2) is 85.2 Å². The molecular weight excluding hydrogens is 394 g/mol. The maximum absolute atomic E-state index is 12.9. The largest absolute Gasteiger partial charge is 0.495 e. The average Bonchev–Trinajstić information content (AvgIpc) is 2.64. The van der Waals surface area contributed by atoms with Crippen LogP contribution in [0.15, 0.2) is 18.2 Å². The Morgan fingerprint density at radius 1 is 1.21 bits per heavy atom. The van der Waals surface area contributed by atoms with Gasteiger partial charge in [-0.2, -0.15) is 0 Å². The van der Waals surface area contributed by atoms with Crippen molar-refractivity contribution < 1.29 is 24.2 Å². The van der Waals surface area contributed by atoms with Crippen LogP contribution in [0.2, 0.25) is 0 Å². The molecule has 1 N–H and O–H groups in total. The van der Waals surface area contributed by atoms with Gasteiger partial charge in [-0.1, -0.05) is 0 Å². The lowest BCUT2D eigenvalue weighted by molar-refractivity contribution is 0.0608. The summed E-state index contributed by atoms with van der Waals surface area (Å²) in [5, 5.41) is 9.35. The summed E-state index contributed by atoms with van der Waals surface area (Å²) in [6, 6.07) is 4.44. The van der Waals surface area contributed by atoms with Gasteiger partial charge in [-0.3, -0.25) is 4.90 Å². The van der Waals surface area contributed by atoms with Gasteiger partial charge in [-0.05, 0) is 58.0 Å². The minimum atomic E-state index is -1.07. The Bertz CT molecular complexity index is 715. The third kappa shape index (κ3) is 7.09. The molecule has 1 amide bonds. The topological polar surface area (TPSA) is 82.6 Å². The number of carbonyl (C=O) groups excluding carboxylic acids is 1. The number of anilines is 1. The number of carboxylic acid groups (broad SMARTS) is 1. The first kappa shape index (κ1) is 23.3. The van der Waals surface area contributed by atoms with E-state index in [1.54, 1.807) is 26.8 Å². The molecule has 1 aromatic rings. The molecule has 1 saturated heterocycles. The first-order valence-corrected chi connectivity index (χ1v) is 10.5. The molecule has 29 heavy (non-hydrogen) atoms. The van der Waals surface area contributed by atoms with Crippen LogP contribution < -0.4 is 9.04 Å². The molecule has 162 valence electrons. The van der Waals surface area contributed by atoms with Crippen molar-refractivity contribution in [3.63, 3.8) is 0 Å². The van der Waals surface area contributed by atoms with E-state index in [1.165, 1.54) is 35.5 Å². The van der Waals surface area contributed by atoms with Gasteiger partial charge in [-0.15, -0.1) is 0 Å². The number of likely N-dealkylation sites (N-methyl/N-ethyl adjacent to an activating group) is 1. The van der Waals surface area contributed by atoms with E-state index < -0.39 is 17.7 Å². The zero-order valence-electron chi connectivity index (χ0n) is 17.8. The van der Waals surface area contributed by atoms with E-state index in [0.29, 0.717) is 17.2 Å². The molecule has 1 aliphatic heterocycles. The molecule has 1 aliphatic rings. The van der Waals surface area contributed by atoms with Crippen molar-refractivity contribution in [1.82, 2.24) is 9.80 Å². The average molecular weight is 426 g/mol. The fourth-order valence-electron chi connectivity index (χ4n) is 2.84. The molecule has 1 aromatic carbocycles. The van der Waals surface area contributed by atoms with Gasteiger partial charge in [0.25, 0.3) is 0 Å². The predicted octanol–water partition coefficient (Wildman–Crippen LogP) is 3.03. The second kappa shape index (κ2) is 10.2. The monoisotopic (exact) mass is 425 g/mol. The number of methoxy groups -OCH3 is 1. The van der Waals surface area contributed by atoms with Crippen LogP contribution in [0, 0.1) is 0 Å². The number of carboxylic acids is 1. The summed E-state index contributed by atoms with van der Waals surface area (Å²) < 4.78 is 12.3. The number of benzene rings is 1. The minimum Gasteiger partial charge on any atom is -0.495 e. The molecule has 0 aromatic heterocycles. The summed E-state index contributed by atoms with van der Waals surface area (Å²) in [7, 11) is 3.60. The zero-order valence-corrected chi connectivity index (χ0v) is 18.6. The fourth-order valence-corrected chi connectivity index (χ4v) is 3.79. The highest BCUT2D eigenvalue weighted by atomic mass is 32.2. The van der Waals surface area contributed by atoms with Crippen LogP contribution in [0.25, 0.3) is 0 Å². The molecule has 0 radical (unpaired) electrons. The first-order valence-electron chi connectivity index (χ1n) is 9.59. The van der Waals surface area contributed by atoms with E-state index in [4.69, 9.17) is 9.47 Å². The smallest absolute Gasteiger partial charge is 0.425 e. The third-order valence-corrected chi connectivity index (χ3v) is 5.40. The van der Waals surface area contributed by atoms with Crippen LogP contribution >= 0.6 is 11.9 Å². The second-order valence-electron chi connectivity index (χ2n) is 7.94. The van der Waals surface area contributed by atoms with Gasteiger partial charge in [0.2, 0.25) is 0 Å². The quantitative estimate of drug-likeness (QED) is 0.668. The van der Waals surface area contributed by atoms with Crippen molar-refractivity contribution in [2.45, 2.75) is 26.4 Å². The maximum Gasteiger partial charge on any atom is 0.425 e. The number of rotatable bonds is 7. The highest BCUT2D eigenvalue weighted by Gasteiger charge is 2.27. The molecule has 0 atom stereocenters. The van der Waals surface area contributed by atoms with Crippen LogP contribution in [-0.2, 0) is 4.74 Å². The lowest BCUT2D eigenvalue weighted by Gasteiger charge is -2.33. The molecular formula is C20H31N3O5S.